The molecule has 0 unspecified atom stereocenters. The van der Waals surface area contributed by atoms with Gasteiger partial charge in [-0.25, -0.2) is 0 Å². The lowest BCUT2D eigenvalue weighted by molar-refractivity contribution is -0.0698. The van der Waals surface area contributed by atoms with E-state index in [1.807, 2.05) is 48.3 Å². The van der Waals surface area contributed by atoms with E-state index in [0.717, 1.165) is 38.2 Å². The van der Waals surface area contributed by atoms with E-state index < -0.39 is 0 Å². The van der Waals surface area contributed by atoms with Gasteiger partial charge in [0.15, 0.2) is 0 Å². The molecule has 4 rings (SSSR count). The minimum atomic E-state index is -0.187. The zero-order valence-electron chi connectivity index (χ0n) is 15.1. The van der Waals surface area contributed by atoms with Crippen LogP contribution in [0.4, 0.5) is 0 Å². The Labute approximate surface area is 149 Å². The number of aryl methyl sites for hydroxylation is 1. The Kier molecular flexibility index (Phi) is 4.52. The summed E-state index contributed by atoms with van der Waals surface area (Å²) in [5, 5.41) is 4.27. The van der Waals surface area contributed by atoms with Crippen LogP contribution in [0.2, 0.25) is 0 Å². The summed E-state index contributed by atoms with van der Waals surface area (Å²) in [6, 6.07) is 12.1. The van der Waals surface area contributed by atoms with Crippen LogP contribution < -0.4 is 4.74 Å². The summed E-state index contributed by atoms with van der Waals surface area (Å²) in [5.41, 5.74) is 1.08. The number of para-hydroxylation sites is 1. The fourth-order valence-corrected chi connectivity index (χ4v) is 4.18. The van der Waals surface area contributed by atoms with Gasteiger partial charge in [-0.2, -0.15) is 5.10 Å². The number of hydrogen-bond donors (Lipinski definition) is 0. The lowest BCUT2D eigenvalue weighted by Gasteiger charge is -2.33. The number of fused-ring (bicyclic) bond motifs is 1. The van der Waals surface area contributed by atoms with Crippen molar-refractivity contribution in [2.45, 2.75) is 38.0 Å². The summed E-state index contributed by atoms with van der Waals surface area (Å²) >= 11 is 0. The van der Waals surface area contributed by atoms with Crippen LogP contribution in [0.1, 0.15) is 25.5 Å². The second-order valence-electron chi connectivity index (χ2n) is 7.64. The molecule has 3 heterocycles. The maximum atomic E-state index is 6.41. The highest BCUT2D eigenvalue weighted by Gasteiger charge is 2.46. The summed E-state index contributed by atoms with van der Waals surface area (Å²) in [6.07, 6.45) is 4.40. The Balaban J connectivity index is 1.34. The zero-order chi connectivity index (χ0) is 17.3. The second kappa shape index (κ2) is 6.81. The third kappa shape index (κ3) is 3.72. The van der Waals surface area contributed by atoms with Crippen molar-refractivity contribution < 1.29 is 9.47 Å². The average molecular weight is 341 g/mol. The van der Waals surface area contributed by atoms with Gasteiger partial charge in [-0.3, -0.25) is 9.58 Å². The van der Waals surface area contributed by atoms with Crippen molar-refractivity contribution >= 4 is 0 Å². The van der Waals surface area contributed by atoms with Gasteiger partial charge in [-0.15, -0.1) is 0 Å². The van der Waals surface area contributed by atoms with Crippen molar-refractivity contribution in [3.05, 3.63) is 48.3 Å². The quantitative estimate of drug-likeness (QED) is 0.838. The van der Waals surface area contributed by atoms with Crippen LogP contribution in [0.25, 0.3) is 0 Å². The van der Waals surface area contributed by atoms with Gasteiger partial charge >= 0.3 is 0 Å². The van der Waals surface area contributed by atoms with Crippen LogP contribution in [-0.4, -0.2) is 46.1 Å². The molecule has 0 spiro atoms. The summed E-state index contributed by atoms with van der Waals surface area (Å²) in [7, 11) is 2.01. The van der Waals surface area contributed by atoms with E-state index in [1.54, 1.807) is 0 Å². The summed E-state index contributed by atoms with van der Waals surface area (Å²) < 4.78 is 14.4. The zero-order valence-corrected chi connectivity index (χ0v) is 15.1. The van der Waals surface area contributed by atoms with Crippen LogP contribution >= 0.6 is 0 Å². The third-order valence-corrected chi connectivity index (χ3v) is 5.47. The average Bonchev–Trinajstić information content (AvgIpc) is 3.17. The highest BCUT2D eigenvalue weighted by Crippen LogP contribution is 2.39. The Bertz CT molecular complexity index is 702. The van der Waals surface area contributed by atoms with Gasteiger partial charge in [0.05, 0.1) is 11.8 Å². The first-order valence-electron chi connectivity index (χ1n) is 9.16. The smallest absolute Gasteiger partial charge is 0.119 e. The predicted octanol–water partition coefficient (Wildman–Crippen LogP) is 2.87. The van der Waals surface area contributed by atoms with Gasteiger partial charge < -0.3 is 9.47 Å². The van der Waals surface area contributed by atoms with E-state index in [2.05, 4.69) is 23.0 Å². The molecule has 2 aromatic rings. The lowest BCUT2D eigenvalue weighted by atomic mass is 9.89. The van der Waals surface area contributed by atoms with E-state index in [4.69, 9.17) is 9.47 Å². The molecular formula is C20H27N3O2. The highest BCUT2D eigenvalue weighted by molar-refractivity contribution is 5.21. The molecule has 3 atom stereocenters. The number of ether oxygens (including phenoxy) is 2. The van der Waals surface area contributed by atoms with Crippen LogP contribution in [0.15, 0.2) is 42.6 Å². The van der Waals surface area contributed by atoms with Crippen molar-refractivity contribution in [2.24, 2.45) is 13.0 Å². The maximum absolute atomic E-state index is 6.41. The number of hydrogen-bond acceptors (Lipinski definition) is 4. The molecule has 0 aliphatic carbocycles. The first kappa shape index (κ1) is 16.6. The fraction of sp³-hybridized carbons (Fsp3) is 0.550. The van der Waals surface area contributed by atoms with Crippen LogP contribution in [0.5, 0.6) is 5.75 Å². The van der Waals surface area contributed by atoms with Crippen molar-refractivity contribution in [1.82, 2.24) is 14.7 Å². The molecule has 2 aliphatic rings. The molecule has 0 bridgehead atoms. The highest BCUT2D eigenvalue weighted by atomic mass is 16.6. The number of aromatic nitrogens is 2. The number of benzene rings is 1. The van der Waals surface area contributed by atoms with Crippen molar-refractivity contribution in [3.8, 4) is 5.75 Å². The molecule has 0 amide bonds. The van der Waals surface area contributed by atoms with Gasteiger partial charge in [0.25, 0.3) is 0 Å². The van der Waals surface area contributed by atoms with Gasteiger partial charge in [0.1, 0.15) is 18.0 Å². The standard InChI is InChI=1S/C20H27N3O2/c1-20(15-24-18-6-4-3-5-7-18)12-16-13-23(11-9-19(16)25-20)14-17-8-10-21-22(17)2/h3-8,10,16,19H,9,11-15H2,1-2H3/t16-,19+,20-/m1/s1. The molecule has 134 valence electrons. The SMILES string of the molecule is Cn1nccc1CN1CC[C@@H]2O[C@@](C)(COc3ccccc3)C[C@@H]2C1. The molecule has 2 fully saturated rings. The number of likely N-dealkylation sites (tertiary alicyclic amines) is 1. The Hall–Kier alpha value is -1.85. The normalized spacial score (nSPS) is 29.5. The van der Waals surface area contributed by atoms with E-state index >= 15 is 0 Å². The largest absolute Gasteiger partial charge is 0.491 e. The van der Waals surface area contributed by atoms with E-state index in [9.17, 15) is 0 Å². The summed E-state index contributed by atoms with van der Waals surface area (Å²) in [4.78, 5) is 2.53. The summed E-state index contributed by atoms with van der Waals surface area (Å²) in [6.45, 7) is 5.96. The predicted molar refractivity (Wildman–Crippen MR) is 96.4 cm³/mol. The topological polar surface area (TPSA) is 39.5 Å². The monoisotopic (exact) mass is 341 g/mol. The second-order valence-corrected chi connectivity index (χ2v) is 7.64. The van der Waals surface area contributed by atoms with Crippen molar-refractivity contribution in [3.63, 3.8) is 0 Å². The summed E-state index contributed by atoms with van der Waals surface area (Å²) in [5.74, 6) is 1.51. The van der Waals surface area contributed by atoms with Gasteiger partial charge in [0.2, 0.25) is 0 Å². The van der Waals surface area contributed by atoms with Crippen molar-refractivity contribution in [1.29, 1.82) is 0 Å². The minimum Gasteiger partial charge on any atom is -0.491 e. The van der Waals surface area contributed by atoms with E-state index in [-0.39, 0.29) is 5.60 Å². The first-order valence-corrected chi connectivity index (χ1v) is 9.16. The molecule has 25 heavy (non-hydrogen) atoms. The third-order valence-electron chi connectivity index (χ3n) is 5.47. The molecule has 0 saturated carbocycles. The molecule has 0 N–H and O–H groups in total. The number of piperidine rings is 1. The van der Waals surface area contributed by atoms with E-state index in [1.165, 1.54) is 5.69 Å². The maximum Gasteiger partial charge on any atom is 0.119 e. The molecule has 1 aromatic heterocycles. The number of nitrogens with zero attached hydrogens (tertiary/aromatic N) is 3. The lowest BCUT2D eigenvalue weighted by Crippen LogP contribution is -2.41. The Morgan fingerprint density at radius 1 is 1.28 bits per heavy atom. The molecule has 2 saturated heterocycles. The molecule has 5 heteroatoms. The molecular weight excluding hydrogens is 314 g/mol. The molecule has 0 radical (unpaired) electrons. The molecule has 2 aliphatic heterocycles. The van der Waals surface area contributed by atoms with Crippen molar-refractivity contribution in [2.75, 3.05) is 19.7 Å². The Morgan fingerprint density at radius 2 is 2.12 bits per heavy atom. The van der Waals surface area contributed by atoms with Gasteiger partial charge in [-0.05, 0) is 38.0 Å². The van der Waals surface area contributed by atoms with Gasteiger partial charge in [0, 0.05) is 38.8 Å². The van der Waals surface area contributed by atoms with E-state index in [0.29, 0.717) is 18.6 Å². The molecule has 5 nitrogen and oxygen atoms in total. The van der Waals surface area contributed by atoms with Crippen LogP contribution in [0, 0.1) is 5.92 Å². The Morgan fingerprint density at radius 3 is 2.88 bits per heavy atom. The first-order chi connectivity index (χ1) is 12.1. The van der Waals surface area contributed by atoms with Crippen LogP contribution in [-0.2, 0) is 18.3 Å². The molecule has 1 aromatic carbocycles. The fourth-order valence-electron chi connectivity index (χ4n) is 4.18. The van der Waals surface area contributed by atoms with Gasteiger partial charge in [-0.1, -0.05) is 18.2 Å². The number of rotatable bonds is 5. The minimum absolute atomic E-state index is 0.187. The van der Waals surface area contributed by atoms with Crippen LogP contribution in [0.3, 0.4) is 0 Å².